The first-order valence-electron chi connectivity index (χ1n) is 9.43. The molecule has 3 rings (SSSR count). The molecule has 0 spiro atoms. The number of rotatable bonds is 8. The Morgan fingerprint density at radius 2 is 1.16 bits per heavy atom. The molecule has 0 aliphatic heterocycles. The van der Waals surface area contributed by atoms with Crippen LogP contribution in [0, 0.1) is 11.6 Å². The fourth-order valence-electron chi connectivity index (χ4n) is 2.85. The maximum Gasteiger partial charge on any atom is 0.243 e. The van der Waals surface area contributed by atoms with E-state index in [-0.39, 0.29) is 24.9 Å². The number of hydrogen-bond donors (Lipinski definition) is 2. The molecule has 3 aromatic rings. The SMILES string of the molecule is COc1ccc(N(CC(=O)Nc2ccc(F)cc2)CC(=O)Nc2ccc(F)cc2)cc1. The van der Waals surface area contributed by atoms with E-state index in [2.05, 4.69) is 10.6 Å². The third kappa shape index (κ3) is 6.53. The quantitative estimate of drug-likeness (QED) is 0.571. The van der Waals surface area contributed by atoms with Crippen molar-refractivity contribution in [2.75, 3.05) is 35.7 Å². The minimum Gasteiger partial charge on any atom is -0.497 e. The van der Waals surface area contributed by atoms with Crippen LogP contribution in [-0.4, -0.2) is 32.0 Å². The molecule has 0 heterocycles. The van der Waals surface area contributed by atoms with Crippen molar-refractivity contribution in [3.05, 3.63) is 84.4 Å². The first kappa shape index (κ1) is 21.8. The number of carbonyl (C=O) groups is 2. The molecule has 0 aromatic heterocycles. The summed E-state index contributed by atoms with van der Waals surface area (Å²) in [4.78, 5) is 26.7. The Labute approximate surface area is 178 Å². The average Bonchev–Trinajstić information content (AvgIpc) is 2.76. The van der Waals surface area contributed by atoms with Crippen LogP contribution in [0.1, 0.15) is 0 Å². The summed E-state index contributed by atoms with van der Waals surface area (Å²) in [5.41, 5.74) is 1.51. The van der Waals surface area contributed by atoms with E-state index < -0.39 is 11.6 Å². The lowest BCUT2D eigenvalue weighted by Crippen LogP contribution is -2.39. The number of anilines is 3. The first-order chi connectivity index (χ1) is 14.9. The Kier molecular flexibility index (Phi) is 7.16. The van der Waals surface area contributed by atoms with Gasteiger partial charge in [-0.3, -0.25) is 9.59 Å². The van der Waals surface area contributed by atoms with E-state index in [0.717, 1.165) is 0 Å². The van der Waals surface area contributed by atoms with Crippen LogP contribution in [0.2, 0.25) is 0 Å². The molecule has 31 heavy (non-hydrogen) atoms. The van der Waals surface area contributed by atoms with Crippen molar-refractivity contribution in [3.8, 4) is 5.75 Å². The van der Waals surface area contributed by atoms with Gasteiger partial charge in [0.15, 0.2) is 0 Å². The van der Waals surface area contributed by atoms with Crippen molar-refractivity contribution in [3.63, 3.8) is 0 Å². The highest BCUT2D eigenvalue weighted by atomic mass is 19.1. The number of benzene rings is 3. The van der Waals surface area contributed by atoms with Crippen molar-refractivity contribution in [2.24, 2.45) is 0 Å². The third-order valence-corrected chi connectivity index (χ3v) is 4.36. The molecule has 160 valence electrons. The molecule has 0 radical (unpaired) electrons. The van der Waals surface area contributed by atoms with Crippen molar-refractivity contribution in [2.45, 2.75) is 0 Å². The second-order valence-electron chi connectivity index (χ2n) is 6.66. The molecule has 0 fully saturated rings. The van der Waals surface area contributed by atoms with Gasteiger partial charge in [0, 0.05) is 17.1 Å². The van der Waals surface area contributed by atoms with Crippen LogP contribution >= 0.6 is 0 Å². The van der Waals surface area contributed by atoms with Gasteiger partial charge in [0.05, 0.1) is 20.2 Å². The van der Waals surface area contributed by atoms with E-state index >= 15 is 0 Å². The van der Waals surface area contributed by atoms with Crippen LogP contribution in [-0.2, 0) is 9.59 Å². The fourth-order valence-corrected chi connectivity index (χ4v) is 2.85. The number of nitrogens with one attached hydrogen (secondary N) is 2. The highest BCUT2D eigenvalue weighted by Crippen LogP contribution is 2.20. The summed E-state index contributed by atoms with van der Waals surface area (Å²) in [6.07, 6.45) is 0. The van der Waals surface area contributed by atoms with Gasteiger partial charge in [-0.25, -0.2) is 8.78 Å². The molecule has 6 nitrogen and oxygen atoms in total. The molecule has 2 N–H and O–H groups in total. The molecule has 0 bridgehead atoms. The normalized spacial score (nSPS) is 10.3. The van der Waals surface area contributed by atoms with Gasteiger partial charge >= 0.3 is 0 Å². The van der Waals surface area contributed by atoms with Crippen LogP contribution in [0.4, 0.5) is 25.8 Å². The molecule has 0 aliphatic rings. The van der Waals surface area contributed by atoms with E-state index in [1.165, 1.54) is 48.5 Å². The van der Waals surface area contributed by atoms with E-state index in [0.29, 0.717) is 22.8 Å². The van der Waals surface area contributed by atoms with Crippen LogP contribution in [0.3, 0.4) is 0 Å². The average molecular weight is 425 g/mol. The number of amides is 2. The van der Waals surface area contributed by atoms with Crippen molar-refractivity contribution < 1.29 is 23.1 Å². The molecule has 0 atom stereocenters. The number of methoxy groups -OCH3 is 1. The van der Waals surface area contributed by atoms with Gasteiger partial charge in [0.1, 0.15) is 17.4 Å². The predicted molar refractivity (Wildman–Crippen MR) is 115 cm³/mol. The molecule has 3 aromatic carbocycles. The number of nitrogens with zero attached hydrogens (tertiary/aromatic N) is 1. The lowest BCUT2D eigenvalue weighted by molar-refractivity contribution is -0.115. The molecular formula is C23H21F2N3O3. The lowest BCUT2D eigenvalue weighted by atomic mass is 10.2. The van der Waals surface area contributed by atoms with Gasteiger partial charge < -0.3 is 20.3 Å². The molecule has 0 saturated carbocycles. The second kappa shape index (κ2) is 10.2. The monoisotopic (exact) mass is 425 g/mol. The topological polar surface area (TPSA) is 70.7 Å². The fraction of sp³-hybridized carbons (Fsp3) is 0.130. The van der Waals surface area contributed by atoms with E-state index in [4.69, 9.17) is 4.74 Å². The van der Waals surface area contributed by atoms with Gasteiger partial charge in [-0.2, -0.15) is 0 Å². The minimum absolute atomic E-state index is 0.124. The summed E-state index contributed by atoms with van der Waals surface area (Å²) in [6, 6.07) is 17.7. The van der Waals surface area contributed by atoms with Gasteiger partial charge in [-0.15, -0.1) is 0 Å². The molecule has 8 heteroatoms. The van der Waals surface area contributed by atoms with Crippen molar-refractivity contribution in [1.82, 2.24) is 0 Å². The summed E-state index contributed by atoms with van der Waals surface area (Å²) in [5, 5.41) is 5.35. The van der Waals surface area contributed by atoms with E-state index in [1.807, 2.05) is 0 Å². The maximum absolute atomic E-state index is 13.1. The third-order valence-electron chi connectivity index (χ3n) is 4.36. The minimum atomic E-state index is -0.407. The van der Waals surface area contributed by atoms with E-state index in [9.17, 15) is 18.4 Å². The zero-order valence-corrected chi connectivity index (χ0v) is 16.8. The summed E-state index contributed by atoms with van der Waals surface area (Å²) in [5.74, 6) is -0.935. The number of carbonyl (C=O) groups excluding carboxylic acids is 2. The van der Waals surface area contributed by atoms with Gasteiger partial charge in [0.25, 0.3) is 0 Å². The summed E-state index contributed by atoms with van der Waals surface area (Å²) >= 11 is 0. The summed E-state index contributed by atoms with van der Waals surface area (Å²) in [6.45, 7) is -0.249. The second-order valence-corrected chi connectivity index (χ2v) is 6.66. The van der Waals surface area contributed by atoms with E-state index in [1.54, 1.807) is 36.3 Å². The Balaban J connectivity index is 1.71. The molecule has 0 saturated heterocycles. The largest absolute Gasteiger partial charge is 0.497 e. The summed E-state index contributed by atoms with van der Waals surface area (Å²) in [7, 11) is 1.54. The van der Waals surface area contributed by atoms with Crippen LogP contribution in [0.25, 0.3) is 0 Å². The highest BCUT2D eigenvalue weighted by Gasteiger charge is 2.16. The molecule has 0 unspecified atom stereocenters. The standard InChI is InChI=1S/C23H21F2N3O3/c1-31-21-12-10-20(11-13-21)28(14-22(29)26-18-6-2-16(24)3-7-18)15-23(30)27-19-8-4-17(25)5-9-19/h2-13H,14-15H2,1H3,(H,26,29)(H,27,30). The van der Waals surface area contributed by atoms with Crippen molar-refractivity contribution in [1.29, 1.82) is 0 Å². The van der Waals surface area contributed by atoms with Crippen LogP contribution in [0.5, 0.6) is 5.75 Å². The van der Waals surface area contributed by atoms with Crippen LogP contribution < -0.4 is 20.3 Å². The molecule has 2 amide bonds. The molecule has 0 aliphatic carbocycles. The smallest absolute Gasteiger partial charge is 0.243 e. The summed E-state index contributed by atoms with van der Waals surface area (Å²) < 4.78 is 31.3. The Morgan fingerprint density at radius 3 is 1.55 bits per heavy atom. The Morgan fingerprint density at radius 1 is 0.742 bits per heavy atom. The first-order valence-corrected chi connectivity index (χ1v) is 9.43. The lowest BCUT2D eigenvalue weighted by Gasteiger charge is -2.24. The highest BCUT2D eigenvalue weighted by molar-refractivity contribution is 5.98. The zero-order valence-electron chi connectivity index (χ0n) is 16.8. The van der Waals surface area contributed by atoms with Crippen LogP contribution in [0.15, 0.2) is 72.8 Å². The predicted octanol–water partition coefficient (Wildman–Crippen LogP) is 4.06. The number of hydrogen-bond acceptors (Lipinski definition) is 4. The molecular weight excluding hydrogens is 404 g/mol. The Hall–Kier alpha value is -3.94. The number of ether oxygens (including phenoxy) is 1. The maximum atomic E-state index is 13.1. The van der Waals surface area contributed by atoms with Gasteiger partial charge in [0.2, 0.25) is 11.8 Å². The zero-order chi connectivity index (χ0) is 22.2. The number of halogens is 2. The van der Waals surface area contributed by atoms with Gasteiger partial charge in [-0.1, -0.05) is 0 Å². The Bertz CT molecular complexity index is 962. The van der Waals surface area contributed by atoms with Gasteiger partial charge in [-0.05, 0) is 72.8 Å². The van der Waals surface area contributed by atoms with Crippen molar-refractivity contribution >= 4 is 28.9 Å².